The number of sulfone groups is 1. The molecule has 0 aliphatic carbocycles. The summed E-state index contributed by atoms with van der Waals surface area (Å²) >= 11 is 0. The summed E-state index contributed by atoms with van der Waals surface area (Å²) in [7, 11) is -3.54. The summed E-state index contributed by atoms with van der Waals surface area (Å²) in [5.74, 6) is 0.0340. The fraction of sp³-hybridized carbons (Fsp3) is 0.750. The molecule has 1 rings (SSSR count). The first kappa shape index (κ1) is 18.9. The Labute approximate surface area is 133 Å². The standard InChI is InChI=1S/C16H27NO4S/c1-8-11(2)22(19,20)16(6,7)14(18)10-12-9-13(17-21-12)15(3,4)5/h9,11H,8,10H2,1-7H3. The molecule has 0 fully saturated rings. The lowest BCUT2D eigenvalue weighted by molar-refractivity contribution is -0.120. The quantitative estimate of drug-likeness (QED) is 0.801. The number of carbonyl (C=O) groups excluding carboxylic acids is 1. The predicted octanol–water partition coefficient (Wildman–Crippen LogP) is 3.08. The Hall–Kier alpha value is -1.17. The maximum atomic E-state index is 12.5. The van der Waals surface area contributed by atoms with Crippen LogP contribution in [-0.2, 0) is 26.5 Å². The van der Waals surface area contributed by atoms with Gasteiger partial charge in [0.15, 0.2) is 15.6 Å². The molecule has 1 atom stereocenters. The SMILES string of the molecule is CCC(C)S(=O)(=O)C(C)(C)C(=O)Cc1cc(C(C)(C)C)no1. The first-order chi connectivity index (χ1) is 9.84. The fourth-order valence-corrected chi connectivity index (χ4v) is 3.84. The van der Waals surface area contributed by atoms with Crippen molar-refractivity contribution in [1.82, 2.24) is 5.16 Å². The van der Waals surface area contributed by atoms with E-state index in [1.807, 2.05) is 20.8 Å². The molecule has 1 heterocycles. The lowest BCUT2D eigenvalue weighted by Gasteiger charge is -2.26. The summed E-state index contributed by atoms with van der Waals surface area (Å²) in [6.07, 6.45) is 0.418. The van der Waals surface area contributed by atoms with E-state index >= 15 is 0 Å². The van der Waals surface area contributed by atoms with E-state index in [1.54, 1.807) is 19.9 Å². The van der Waals surface area contributed by atoms with Crippen molar-refractivity contribution in [1.29, 1.82) is 0 Å². The maximum absolute atomic E-state index is 12.5. The smallest absolute Gasteiger partial charge is 0.165 e. The van der Waals surface area contributed by atoms with Crippen LogP contribution < -0.4 is 0 Å². The van der Waals surface area contributed by atoms with Gasteiger partial charge in [-0.2, -0.15) is 0 Å². The van der Waals surface area contributed by atoms with Gasteiger partial charge >= 0.3 is 0 Å². The van der Waals surface area contributed by atoms with Gasteiger partial charge in [0, 0.05) is 11.5 Å². The maximum Gasteiger partial charge on any atom is 0.165 e. The number of hydrogen-bond acceptors (Lipinski definition) is 5. The molecule has 0 radical (unpaired) electrons. The molecule has 0 aliphatic heterocycles. The van der Waals surface area contributed by atoms with E-state index in [9.17, 15) is 13.2 Å². The highest BCUT2D eigenvalue weighted by Gasteiger charge is 2.44. The molecule has 6 heteroatoms. The summed E-state index contributed by atoms with van der Waals surface area (Å²) < 4.78 is 28.8. The highest BCUT2D eigenvalue weighted by Crippen LogP contribution is 2.27. The molecule has 1 unspecified atom stereocenters. The van der Waals surface area contributed by atoms with Crippen LogP contribution in [0, 0.1) is 0 Å². The number of hydrogen-bond donors (Lipinski definition) is 0. The van der Waals surface area contributed by atoms with Crippen molar-refractivity contribution in [2.24, 2.45) is 0 Å². The Morgan fingerprint density at radius 3 is 2.23 bits per heavy atom. The number of Topliss-reactive ketones (excluding diaryl/α,β-unsaturated/α-hetero) is 1. The van der Waals surface area contributed by atoms with Gasteiger partial charge in [-0.3, -0.25) is 4.79 Å². The van der Waals surface area contributed by atoms with E-state index in [4.69, 9.17) is 4.52 Å². The normalized spacial score (nSPS) is 14.9. The third-order valence-corrected chi connectivity index (χ3v) is 7.19. The van der Waals surface area contributed by atoms with Gasteiger partial charge in [0.2, 0.25) is 0 Å². The molecule has 0 aromatic carbocycles. The Balaban J connectivity index is 3.00. The van der Waals surface area contributed by atoms with Crippen LogP contribution in [0.4, 0.5) is 0 Å². The number of aromatic nitrogens is 1. The zero-order chi connectivity index (χ0) is 17.3. The Morgan fingerprint density at radius 1 is 1.27 bits per heavy atom. The first-order valence-corrected chi connectivity index (χ1v) is 9.11. The van der Waals surface area contributed by atoms with Gasteiger partial charge in [-0.15, -0.1) is 0 Å². The largest absolute Gasteiger partial charge is 0.361 e. The highest BCUT2D eigenvalue weighted by atomic mass is 32.2. The number of carbonyl (C=O) groups is 1. The zero-order valence-electron chi connectivity index (χ0n) is 14.6. The molecule has 0 saturated carbocycles. The van der Waals surface area contributed by atoms with Crippen LogP contribution in [0.5, 0.6) is 0 Å². The van der Waals surface area contributed by atoms with Crippen molar-refractivity contribution in [3.63, 3.8) is 0 Å². The molecule has 0 aliphatic rings. The Morgan fingerprint density at radius 2 is 1.82 bits per heavy atom. The van der Waals surface area contributed by atoms with Crippen LogP contribution in [0.2, 0.25) is 0 Å². The lowest BCUT2D eigenvalue weighted by Crippen LogP contribution is -2.45. The van der Waals surface area contributed by atoms with Crippen LogP contribution in [0.1, 0.15) is 66.3 Å². The average molecular weight is 329 g/mol. The predicted molar refractivity (Wildman–Crippen MR) is 86.7 cm³/mol. The van der Waals surface area contributed by atoms with Gasteiger partial charge in [-0.25, -0.2) is 8.42 Å². The van der Waals surface area contributed by atoms with E-state index in [0.29, 0.717) is 12.2 Å². The number of rotatable bonds is 6. The molecule has 5 nitrogen and oxygen atoms in total. The molecular weight excluding hydrogens is 302 g/mol. The van der Waals surface area contributed by atoms with Gasteiger partial charge in [0.25, 0.3) is 0 Å². The molecule has 0 bridgehead atoms. The minimum absolute atomic E-state index is 0.0637. The molecular formula is C16H27NO4S. The second kappa shape index (κ2) is 6.14. The van der Waals surface area contributed by atoms with E-state index in [0.717, 1.165) is 5.69 Å². The number of nitrogens with zero attached hydrogens (tertiary/aromatic N) is 1. The third kappa shape index (κ3) is 3.59. The van der Waals surface area contributed by atoms with Crippen molar-refractivity contribution in [3.8, 4) is 0 Å². The van der Waals surface area contributed by atoms with Crippen LogP contribution in [-0.4, -0.2) is 29.4 Å². The van der Waals surface area contributed by atoms with Crippen LogP contribution in [0.3, 0.4) is 0 Å². The van der Waals surface area contributed by atoms with Gasteiger partial charge in [0.1, 0.15) is 10.5 Å². The van der Waals surface area contributed by atoms with E-state index in [-0.39, 0.29) is 17.6 Å². The van der Waals surface area contributed by atoms with Crippen LogP contribution in [0.25, 0.3) is 0 Å². The van der Waals surface area contributed by atoms with Crippen molar-refractivity contribution in [2.75, 3.05) is 0 Å². The van der Waals surface area contributed by atoms with Crippen molar-refractivity contribution in [3.05, 3.63) is 17.5 Å². The molecule has 0 amide bonds. The summed E-state index contributed by atoms with van der Waals surface area (Å²) in [6.45, 7) is 12.4. The van der Waals surface area contributed by atoms with Gasteiger partial charge in [-0.05, 0) is 27.2 Å². The van der Waals surface area contributed by atoms with Crippen LogP contribution >= 0.6 is 0 Å². The second-order valence-corrected chi connectivity index (χ2v) is 10.2. The summed E-state index contributed by atoms with van der Waals surface area (Å²) in [5, 5.41) is 3.41. The van der Waals surface area contributed by atoms with E-state index < -0.39 is 19.8 Å². The van der Waals surface area contributed by atoms with Crippen molar-refractivity contribution < 1.29 is 17.7 Å². The minimum atomic E-state index is -3.54. The van der Waals surface area contributed by atoms with Crippen LogP contribution in [0.15, 0.2) is 10.6 Å². The molecule has 126 valence electrons. The van der Waals surface area contributed by atoms with Crippen molar-refractivity contribution >= 4 is 15.6 Å². The average Bonchev–Trinajstić information content (AvgIpc) is 2.85. The third-order valence-electron chi connectivity index (χ3n) is 4.15. The molecule has 0 spiro atoms. The fourth-order valence-electron chi connectivity index (χ4n) is 2.00. The summed E-state index contributed by atoms with van der Waals surface area (Å²) in [4.78, 5) is 12.5. The second-order valence-electron chi connectivity index (χ2n) is 7.30. The minimum Gasteiger partial charge on any atom is -0.361 e. The Bertz CT molecular complexity index is 635. The van der Waals surface area contributed by atoms with Gasteiger partial charge in [-0.1, -0.05) is 32.9 Å². The lowest BCUT2D eigenvalue weighted by atomic mass is 9.92. The molecule has 0 saturated heterocycles. The molecule has 0 N–H and O–H groups in total. The highest BCUT2D eigenvalue weighted by molar-refractivity contribution is 7.94. The topological polar surface area (TPSA) is 77.2 Å². The first-order valence-electron chi connectivity index (χ1n) is 7.56. The Kier molecular flexibility index (Phi) is 5.27. The zero-order valence-corrected chi connectivity index (χ0v) is 15.4. The summed E-state index contributed by atoms with van der Waals surface area (Å²) in [6, 6.07) is 1.73. The molecule has 22 heavy (non-hydrogen) atoms. The number of ketones is 1. The van der Waals surface area contributed by atoms with Gasteiger partial charge < -0.3 is 4.52 Å². The van der Waals surface area contributed by atoms with E-state index in [2.05, 4.69) is 5.16 Å². The van der Waals surface area contributed by atoms with Crippen molar-refractivity contribution in [2.45, 2.75) is 76.7 Å². The van der Waals surface area contributed by atoms with Gasteiger partial charge in [0.05, 0.1) is 17.4 Å². The molecule has 1 aromatic rings. The molecule has 1 aromatic heterocycles. The van der Waals surface area contributed by atoms with E-state index in [1.165, 1.54) is 13.8 Å². The summed E-state index contributed by atoms with van der Waals surface area (Å²) in [5.41, 5.74) is 0.571. The monoisotopic (exact) mass is 329 g/mol.